The second-order valence-electron chi connectivity index (χ2n) is 3.48. The van der Waals surface area contributed by atoms with Crippen LogP contribution in [-0.4, -0.2) is 0 Å². The Bertz CT molecular complexity index is 364. The molecule has 1 aromatic rings. The molecule has 0 spiro atoms. The van der Waals surface area contributed by atoms with Crippen LogP contribution in [0.4, 0.5) is 10.1 Å². The smallest absolute Gasteiger partial charge is 0.128 e. The lowest BCUT2D eigenvalue weighted by atomic mass is 9.86. The molecule has 0 saturated carbocycles. The van der Waals surface area contributed by atoms with E-state index >= 15 is 0 Å². The number of benzene rings is 1. The monoisotopic (exact) mass is 178 g/mol. The molecule has 3 heteroatoms. The zero-order valence-electron chi connectivity index (χ0n) is 7.63. The molecule has 13 heavy (non-hydrogen) atoms. The first-order chi connectivity index (χ1) is 5.97. The number of halogens is 1. The van der Waals surface area contributed by atoms with Crippen LogP contribution in [0.2, 0.25) is 0 Å². The van der Waals surface area contributed by atoms with E-state index in [9.17, 15) is 4.39 Å². The van der Waals surface area contributed by atoms with E-state index < -0.39 is 5.41 Å². The van der Waals surface area contributed by atoms with Crippen LogP contribution in [0, 0.1) is 17.1 Å². The molecule has 2 N–H and O–H groups in total. The van der Waals surface area contributed by atoms with Gasteiger partial charge < -0.3 is 5.73 Å². The highest BCUT2D eigenvalue weighted by Crippen LogP contribution is 2.26. The van der Waals surface area contributed by atoms with Crippen LogP contribution in [-0.2, 0) is 5.41 Å². The molecule has 0 heterocycles. The summed E-state index contributed by atoms with van der Waals surface area (Å²) >= 11 is 0. The van der Waals surface area contributed by atoms with Gasteiger partial charge in [-0.05, 0) is 32.0 Å². The molecule has 1 rings (SSSR count). The van der Waals surface area contributed by atoms with Crippen LogP contribution < -0.4 is 5.73 Å². The van der Waals surface area contributed by atoms with E-state index in [1.54, 1.807) is 13.8 Å². The minimum absolute atomic E-state index is 0.343. The lowest BCUT2D eigenvalue weighted by Gasteiger charge is -2.16. The first kappa shape index (κ1) is 9.53. The fraction of sp³-hybridized carbons (Fsp3) is 0.300. The zero-order valence-corrected chi connectivity index (χ0v) is 7.63. The Morgan fingerprint density at radius 1 is 1.46 bits per heavy atom. The molecule has 0 fully saturated rings. The minimum atomic E-state index is -0.834. The van der Waals surface area contributed by atoms with E-state index in [0.29, 0.717) is 11.3 Å². The Hall–Kier alpha value is -1.56. The molecule has 0 aliphatic heterocycles. The van der Waals surface area contributed by atoms with Crippen molar-refractivity contribution in [1.29, 1.82) is 5.26 Å². The second-order valence-corrected chi connectivity index (χ2v) is 3.48. The fourth-order valence-electron chi connectivity index (χ4n) is 1.08. The predicted octanol–water partition coefficient (Wildman–Crippen LogP) is 2.21. The van der Waals surface area contributed by atoms with Gasteiger partial charge in [0.1, 0.15) is 5.82 Å². The Balaban J connectivity index is 3.30. The number of nitrogens with two attached hydrogens (primary N) is 1. The predicted molar refractivity (Wildman–Crippen MR) is 49.5 cm³/mol. The molecule has 0 aliphatic carbocycles. The maximum Gasteiger partial charge on any atom is 0.128 e. The summed E-state index contributed by atoms with van der Waals surface area (Å²) in [5, 5.41) is 8.81. The standard InChI is InChI=1S/C10H11FN2/c1-10(2,6-12)8-5-7(13)3-4-9(8)11/h3-5H,13H2,1-2H3. The van der Waals surface area contributed by atoms with Gasteiger partial charge in [0, 0.05) is 11.3 Å². The molecular weight excluding hydrogens is 167 g/mol. The number of hydrogen-bond donors (Lipinski definition) is 1. The van der Waals surface area contributed by atoms with Crippen LogP contribution >= 0.6 is 0 Å². The van der Waals surface area contributed by atoms with Gasteiger partial charge >= 0.3 is 0 Å². The Morgan fingerprint density at radius 2 is 2.08 bits per heavy atom. The molecule has 0 aromatic heterocycles. The summed E-state index contributed by atoms with van der Waals surface area (Å²) in [6.45, 7) is 3.32. The Morgan fingerprint density at radius 3 is 2.62 bits per heavy atom. The summed E-state index contributed by atoms with van der Waals surface area (Å²) in [5.74, 6) is -0.388. The van der Waals surface area contributed by atoms with Crippen molar-refractivity contribution in [2.24, 2.45) is 0 Å². The molecule has 68 valence electrons. The quantitative estimate of drug-likeness (QED) is 0.670. The van der Waals surface area contributed by atoms with Crippen molar-refractivity contribution in [3.63, 3.8) is 0 Å². The van der Waals surface area contributed by atoms with Gasteiger partial charge in [0.25, 0.3) is 0 Å². The highest BCUT2D eigenvalue weighted by molar-refractivity contribution is 5.45. The highest BCUT2D eigenvalue weighted by Gasteiger charge is 2.23. The van der Waals surface area contributed by atoms with Gasteiger partial charge in [0.2, 0.25) is 0 Å². The van der Waals surface area contributed by atoms with Gasteiger partial charge in [0.05, 0.1) is 11.5 Å². The number of rotatable bonds is 1. The van der Waals surface area contributed by atoms with Crippen molar-refractivity contribution in [3.8, 4) is 6.07 Å². The highest BCUT2D eigenvalue weighted by atomic mass is 19.1. The molecule has 0 atom stereocenters. The molecule has 0 radical (unpaired) electrons. The average Bonchev–Trinajstić information content (AvgIpc) is 2.09. The Labute approximate surface area is 76.8 Å². The van der Waals surface area contributed by atoms with Gasteiger partial charge in [-0.25, -0.2) is 4.39 Å². The van der Waals surface area contributed by atoms with Gasteiger partial charge in [-0.3, -0.25) is 0 Å². The SMILES string of the molecule is CC(C)(C#N)c1cc(N)ccc1F. The second kappa shape index (κ2) is 3.06. The molecule has 2 nitrogen and oxygen atoms in total. The summed E-state index contributed by atoms with van der Waals surface area (Å²) in [7, 11) is 0. The number of nitrogens with zero attached hydrogens (tertiary/aromatic N) is 1. The van der Waals surface area contributed by atoms with Crippen LogP contribution in [0.3, 0.4) is 0 Å². The molecular formula is C10H11FN2. The van der Waals surface area contributed by atoms with Crippen molar-refractivity contribution in [3.05, 3.63) is 29.6 Å². The van der Waals surface area contributed by atoms with E-state index in [1.165, 1.54) is 18.2 Å². The van der Waals surface area contributed by atoms with Gasteiger partial charge in [0.15, 0.2) is 0 Å². The van der Waals surface area contributed by atoms with Crippen LogP contribution in [0.1, 0.15) is 19.4 Å². The van der Waals surface area contributed by atoms with Crippen LogP contribution in [0.25, 0.3) is 0 Å². The third kappa shape index (κ3) is 1.78. The lowest BCUT2D eigenvalue weighted by molar-refractivity contribution is 0.565. The van der Waals surface area contributed by atoms with Crippen molar-refractivity contribution in [2.45, 2.75) is 19.3 Å². The first-order valence-corrected chi connectivity index (χ1v) is 3.94. The molecule has 0 saturated heterocycles. The maximum atomic E-state index is 13.2. The number of nitriles is 1. The third-order valence-corrected chi connectivity index (χ3v) is 1.94. The summed E-state index contributed by atoms with van der Waals surface area (Å²) in [5.41, 5.74) is 5.48. The first-order valence-electron chi connectivity index (χ1n) is 3.94. The number of anilines is 1. The minimum Gasteiger partial charge on any atom is -0.399 e. The van der Waals surface area contributed by atoms with Crippen LogP contribution in [0.5, 0.6) is 0 Å². The summed E-state index contributed by atoms with van der Waals surface area (Å²) < 4.78 is 13.2. The zero-order chi connectivity index (χ0) is 10.1. The van der Waals surface area contributed by atoms with Gasteiger partial charge in [-0.15, -0.1) is 0 Å². The van der Waals surface area contributed by atoms with E-state index in [1.807, 2.05) is 6.07 Å². The molecule has 0 bridgehead atoms. The topological polar surface area (TPSA) is 49.8 Å². The van der Waals surface area contributed by atoms with Gasteiger partial charge in [-0.2, -0.15) is 5.26 Å². The van der Waals surface area contributed by atoms with E-state index in [0.717, 1.165) is 0 Å². The fourth-order valence-corrected chi connectivity index (χ4v) is 1.08. The lowest BCUT2D eigenvalue weighted by Crippen LogP contribution is -2.16. The van der Waals surface area contributed by atoms with Crippen molar-refractivity contribution in [1.82, 2.24) is 0 Å². The Kier molecular flexibility index (Phi) is 2.24. The third-order valence-electron chi connectivity index (χ3n) is 1.94. The molecule has 0 aliphatic rings. The van der Waals surface area contributed by atoms with Crippen molar-refractivity contribution in [2.75, 3.05) is 5.73 Å². The summed E-state index contributed by atoms with van der Waals surface area (Å²) in [6.07, 6.45) is 0. The van der Waals surface area contributed by atoms with Crippen molar-refractivity contribution < 1.29 is 4.39 Å². The summed E-state index contributed by atoms with van der Waals surface area (Å²) in [6, 6.07) is 6.29. The molecule has 0 amide bonds. The number of hydrogen-bond acceptors (Lipinski definition) is 2. The molecule has 1 aromatic carbocycles. The maximum absolute atomic E-state index is 13.2. The van der Waals surface area contributed by atoms with E-state index in [4.69, 9.17) is 11.0 Å². The van der Waals surface area contributed by atoms with E-state index in [-0.39, 0.29) is 5.82 Å². The normalized spacial score (nSPS) is 10.9. The largest absolute Gasteiger partial charge is 0.399 e. The van der Waals surface area contributed by atoms with Gasteiger partial charge in [-0.1, -0.05) is 0 Å². The summed E-state index contributed by atoms with van der Waals surface area (Å²) in [4.78, 5) is 0. The van der Waals surface area contributed by atoms with Crippen molar-refractivity contribution >= 4 is 5.69 Å². The molecule has 0 unspecified atom stereocenters. The average molecular weight is 178 g/mol. The number of nitrogen functional groups attached to an aromatic ring is 1. The van der Waals surface area contributed by atoms with E-state index in [2.05, 4.69) is 0 Å². The van der Waals surface area contributed by atoms with Crippen LogP contribution in [0.15, 0.2) is 18.2 Å².